The zero-order valence-corrected chi connectivity index (χ0v) is 25.9. The average molecular weight is 639 g/mol. The van der Waals surface area contributed by atoms with E-state index in [0.29, 0.717) is 34.6 Å². The Kier molecular flexibility index (Phi) is 10.3. The van der Waals surface area contributed by atoms with Gasteiger partial charge in [0, 0.05) is 24.7 Å². The summed E-state index contributed by atoms with van der Waals surface area (Å²) in [4.78, 5) is 17.9. The lowest BCUT2D eigenvalue weighted by Gasteiger charge is -2.23. The quantitative estimate of drug-likeness (QED) is 0.196. The SMILES string of the molecule is O=C(c1cc(Cl)ccc1NS(=O)(=O)c1ccc(Oc2ccccc2Cl)cc1)N1CCCN(CCCc2ccccc2)CC1. The number of carbonyl (C=O) groups excluding carboxylic acids is 1. The van der Waals surface area contributed by atoms with Crippen molar-refractivity contribution in [3.8, 4) is 11.5 Å². The summed E-state index contributed by atoms with van der Waals surface area (Å²) in [5.74, 6) is 0.644. The fourth-order valence-electron chi connectivity index (χ4n) is 5.05. The number of benzene rings is 4. The molecule has 1 N–H and O–H groups in total. The molecule has 7 nitrogen and oxygen atoms in total. The number of anilines is 1. The van der Waals surface area contributed by atoms with E-state index < -0.39 is 10.0 Å². The van der Waals surface area contributed by atoms with Crippen molar-refractivity contribution in [2.24, 2.45) is 0 Å². The first-order valence-corrected chi connectivity index (χ1v) is 16.4. The molecule has 4 aromatic carbocycles. The monoisotopic (exact) mass is 637 g/mol. The number of aryl methyl sites for hydroxylation is 1. The van der Waals surface area contributed by atoms with Gasteiger partial charge >= 0.3 is 0 Å². The molecule has 5 rings (SSSR count). The Labute approximate surface area is 263 Å². The van der Waals surface area contributed by atoms with Gasteiger partial charge in [0.05, 0.1) is 21.2 Å². The summed E-state index contributed by atoms with van der Waals surface area (Å²) in [6, 6.07) is 28.0. The fourth-order valence-corrected chi connectivity index (χ4v) is 6.47. The van der Waals surface area contributed by atoms with Gasteiger partial charge in [-0.1, -0.05) is 65.7 Å². The molecule has 4 aromatic rings. The van der Waals surface area contributed by atoms with Crippen LogP contribution in [0.25, 0.3) is 0 Å². The van der Waals surface area contributed by atoms with Gasteiger partial charge in [-0.3, -0.25) is 9.52 Å². The predicted octanol–water partition coefficient (Wildman–Crippen LogP) is 7.37. The Hall–Kier alpha value is -3.56. The maximum absolute atomic E-state index is 13.7. The number of halogens is 2. The normalized spacial score (nSPS) is 14.2. The van der Waals surface area contributed by atoms with Gasteiger partial charge in [-0.15, -0.1) is 0 Å². The molecular weight excluding hydrogens is 605 g/mol. The summed E-state index contributed by atoms with van der Waals surface area (Å²) in [6.07, 6.45) is 2.90. The summed E-state index contributed by atoms with van der Waals surface area (Å²) < 4.78 is 35.0. The zero-order valence-electron chi connectivity index (χ0n) is 23.6. The number of hydrogen-bond donors (Lipinski definition) is 1. The van der Waals surface area contributed by atoms with Crippen molar-refractivity contribution in [3.63, 3.8) is 0 Å². The lowest BCUT2D eigenvalue weighted by atomic mass is 10.1. The van der Waals surface area contributed by atoms with Crippen LogP contribution in [0.4, 0.5) is 5.69 Å². The van der Waals surface area contributed by atoms with E-state index in [1.807, 2.05) is 6.07 Å². The van der Waals surface area contributed by atoms with Crippen LogP contribution in [0, 0.1) is 0 Å². The van der Waals surface area contributed by atoms with Crippen LogP contribution in [-0.4, -0.2) is 56.8 Å². The Morgan fingerprint density at radius 1 is 0.837 bits per heavy atom. The van der Waals surface area contributed by atoms with Crippen LogP contribution in [0.5, 0.6) is 11.5 Å². The molecule has 224 valence electrons. The molecule has 1 aliphatic heterocycles. The molecule has 0 bridgehead atoms. The number of ether oxygens (including phenoxy) is 1. The fraction of sp³-hybridized carbons (Fsp3) is 0.242. The highest BCUT2D eigenvalue weighted by Gasteiger charge is 2.25. The lowest BCUT2D eigenvalue weighted by molar-refractivity contribution is 0.0762. The Bertz CT molecular complexity index is 1650. The number of nitrogens with zero attached hydrogens (tertiary/aromatic N) is 2. The summed E-state index contributed by atoms with van der Waals surface area (Å²) >= 11 is 12.4. The molecule has 1 fully saturated rings. The number of para-hydroxylation sites is 1. The van der Waals surface area contributed by atoms with Gasteiger partial charge in [0.2, 0.25) is 0 Å². The van der Waals surface area contributed by atoms with Crippen LogP contribution >= 0.6 is 23.2 Å². The smallest absolute Gasteiger partial charge is 0.261 e. The van der Waals surface area contributed by atoms with Gasteiger partial charge in [0.25, 0.3) is 15.9 Å². The molecule has 0 saturated carbocycles. The van der Waals surface area contributed by atoms with Crippen LogP contribution in [0.2, 0.25) is 10.0 Å². The number of nitrogens with one attached hydrogen (secondary N) is 1. The van der Waals surface area contributed by atoms with Crippen molar-refractivity contribution >= 4 is 44.8 Å². The molecule has 0 radical (unpaired) electrons. The third kappa shape index (κ3) is 8.30. The second-order valence-corrected chi connectivity index (χ2v) is 12.9. The van der Waals surface area contributed by atoms with Gasteiger partial charge in [0.15, 0.2) is 0 Å². The average Bonchev–Trinajstić information content (AvgIpc) is 3.25. The molecule has 0 spiro atoms. The molecule has 0 aromatic heterocycles. The molecule has 0 unspecified atom stereocenters. The van der Waals surface area contributed by atoms with E-state index in [9.17, 15) is 13.2 Å². The van der Waals surface area contributed by atoms with Gasteiger partial charge in [0.1, 0.15) is 11.5 Å². The Morgan fingerprint density at radius 3 is 2.35 bits per heavy atom. The van der Waals surface area contributed by atoms with Crippen molar-refractivity contribution in [2.75, 3.05) is 37.4 Å². The third-order valence-corrected chi connectivity index (χ3v) is 9.24. The number of carbonyl (C=O) groups is 1. The molecular formula is C33H33Cl2N3O4S. The van der Waals surface area contributed by atoms with Crippen molar-refractivity contribution in [1.82, 2.24) is 9.80 Å². The molecule has 1 heterocycles. The minimum atomic E-state index is -4.01. The van der Waals surface area contributed by atoms with E-state index in [4.69, 9.17) is 27.9 Å². The first-order valence-electron chi connectivity index (χ1n) is 14.2. The standard InChI is InChI=1S/C33H33Cl2N3O4S/c34-26-13-18-31(36-43(40,41)28-16-14-27(15-17-28)42-32-12-5-4-11-30(32)35)29(24-26)33(39)38-21-7-20-37(22-23-38)19-6-10-25-8-2-1-3-9-25/h1-5,8-9,11-18,24,36H,6-7,10,19-23H2. The summed E-state index contributed by atoms with van der Waals surface area (Å²) in [6.45, 7) is 3.76. The lowest BCUT2D eigenvalue weighted by Crippen LogP contribution is -2.36. The van der Waals surface area contributed by atoms with Crippen molar-refractivity contribution in [2.45, 2.75) is 24.2 Å². The van der Waals surface area contributed by atoms with Crippen LogP contribution in [0.3, 0.4) is 0 Å². The maximum atomic E-state index is 13.7. The molecule has 1 amide bonds. The first-order chi connectivity index (χ1) is 20.8. The van der Waals surface area contributed by atoms with Gasteiger partial charge in [-0.2, -0.15) is 0 Å². The van der Waals surface area contributed by atoms with E-state index >= 15 is 0 Å². The zero-order chi connectivity index (χ0) is 30.2. The highest BCUT2D eigenvalue weighted by molar-refractivity contribution is 7.92. The van der Waals surface area contributed by atoms with E-state index in [1.165, 1.54) is 29.8 Å². The second-order valence-electron chi connectivity index (χ2n) is 10.4. The molecule has 0 atom stereocenters. The summed E-state index contributed by atoms with van der Waals surface area (Å²) in [5, 5.41) is 0.797. The predicted molar refractivity (Wildman–Crippen MR) is 172 cm³/mol. The van der Waals surface area contributed by atoms with Crippen LogP contribution in [0.15, 0.2) is 102 Å². The molecule has 1 aliphatic rings. The largest absolute Gasteiger partial charge is 0.456 e. The molecule has 1 saturated heterocycles. The molecule has 10 heteroatoms. The maximum Gasteiger partial charge on any atom is 0.261 e. The van der Waals surface area contributed by atoms with Crippen LogP contribution < -0.4 is 9.46 Å². The van der Waals surface area contributed by atoms with E-state index in [2.05, 4.69) is 33.9 Å². The summed E-state index contributed by atoms with van der Waals surface area (Å²) in [5.41, 5.74) is 1.72. The van der Waals surface area contributed by atoms with Gasteiger partial charge in [-0.25, -0.2) is 8.42 Å². The Balaban J connectivity index is 1.23. The highest BCUT2D eigenvalue weighted by atomic mass is 35.5. The third-order valence-electron chi connectivity index (χ3n) is 7.31. The topological polar surface area (TPSA) is 78.9 Å². The van der Waals surface area contributed by atoms with Crippen molar-refractivity contribution in [3.05, 3.63) is 118 Å². The molecule has 43 heavy (non-hydrogen) atoms. The number of amides is 1. The van der Waals surface area contributed by atoms with Gasteiger partial charge < -0.3 is 14.5 Å². The minimum Gasteiger partial charge on any atom is -0.456 e. The minimum absolute atomic E-state index is 0.0216. The summed E-state index contributed by atoms with van der Waals surface area (Å²) in [7, 11) is -4.01. The van der Waals surface area contributed by atoms with Crippen molar-refractivity contribution < 1.29 is 17.9 Å². The molecule has 0 aliphatic carbocycles. The highest BCUT2D eigenvalue weighted by Crippen LogP contribution is 2.30. The van der Waals surface area contributed by atoms with E-state index in [0.717, 1.165) is 38.9 Å². The number of rotatable bonds is 10. The van der Waals surface area contributed by atoms with Crippen LogP contribution in [-0.2, 0) is 16.4 Å². The number of hydrogen-bond acceptors (Lipinski definition) is 5. The van der Waals surface area contributed by atoms with E-state index in [1.54, 1.807) is 47.4 Å². The van der Waals surface area contributed by atoms with E-state index in [-0.39, 0.29) is 22.1 Å². The first kappa shape index (κ1) is 30.9. The second kappa shape index (κ2) is 14.3. The van der Waals surface area contributed by atoms with Crippen LogP contribution in [0.1, 0.15) is 28.8 Å². The number of sulfonamides is 1. The van der Waals surface area contributed by atoms with Crippen molar-refractivity contribution in [1.29, 1.82) is 0 Å². The Morgan fingerprint density at radius 2 is 1.58 bits per heavy atom. The van der Waals surface area contributed by atoms with Gasteiger partial charge in [-0.05, 0) is 92.5 Å².